The predicted molar refractivity (Wildman–Crippen MR) is 82.6 cm³/mol. The number of amides is 1. The van der Waals surface area contributed by atoms with Crippen molar-refractivity contribution in [2.75, 3.05) is 6.61 Å². The van der Waals surface area contributed by atoms with Gasteiger partial charge >= 0.3 is 0 Å². The van der Waals surface area contributed by atoms with Crippen LogP contribution >= 0.6 is 0 Å². The van der Waals surface area contributed by atoms with Crippen LogP contribution in [0.2, 0.25) is 0 Å². The molecule has 0 aliphatic carbocycles. The number of nitrogens with one attached hydrogen (secondary N) is 1. The number of nitrogens with zero attached hydrogens (tertiary/aromatic N) is 1. The lowest BCUT2D eigenvalue weighted by molar-refractivity contribution is -0.118. The van der Waals surface area contributed by atoms with Crippen LogP contribution in [0.5, 0.6) is 5.75 Å². The minimum absolute atomic E-state index is 0.0605. The third-order valence-corrected chi connectivity index (χ3v) is 4.70. The minimum atomic E-state index is -3.99. The number of aromatic nitrogens is 1. The summed E-state index contributed by atoms with van der Waals surface area (Å²) < 4.78 is 36.6. The molecule has 1 aromatic carbocycles. The average molecular weight is 338 g/mol. The van der Waals surface area contributed by atoms with Gasteiger partial charge in [-0.15, -0.1) is 0 Å². The molecule has 8 heteroatoms. The molecule has 1 aromatic heterocycles. The van der Waals surface area contributed by atoms with Crippen molar-refractivity contribution < 1.29 is 22.5 Å². The van der Waals surface area contributed by atoms with E-state index in [4.69, 9.17) is 9.26 Å². The molecule has 0 saturated carbocycles. The summed E-state index contributed by atoms with van der Waals surface area (Å²) in [6, 6.07) is 6.89. The van der Waals surface area contributed by atoms with Gasteiger partial charge in [0.05, 0.1) is 13.0 Å². The van der Waals surface area contributed by atoms with E-state index in [1.807, 2.05) is 11.6 Å². The highest BCUT2D eigenvalue weighted by Crippen LogP contribution is 2.19. The van der Waals surface area contributed by atoms with Crippen LogP contribution in [0.25, 0.3) is 0 Å². The second-order valence-corrected chi connectivity index (χ2v) is 6.55. The van der Waals surface area contributed by atoms with Crippen LogP contribution < -0.4 is 9.46 Å². The zero-order valence-electron chi connectivity index (χ0n) is 13.1. The van der Waals surface area contributed by atoms with E-state index in [1.165, 1.54) is 13.8 Å². The Bertz CT molecular complexity index is 774. The van der Waals surface area contributed by atoms with E-state index in [1.54, 1.807) is 24.3 Å². The fourth-order valence-electron chi connectivity index (χ4n) is 2.15. The molecule has 1 amide bonds. The maximum Gasteiger partial charge on any atom is 0.269 e. The van der Waals surface area contributed by atoms with Crippen molar-refractivity contribution in [1.29, 1.82) is 0 Å². The Labute approximate surface area is 134 Å². The second kappa shape index (κ2) is 6.82. The molecule has 7 nitrogen and oxygen atoms in total. The number of sulfonamides is 1. The number of rotatable bonds is 6. The summed E-state index contributed by atoms with van der Waals surface area (Å²) in [6.45, 7) is 5.41. The molecule has 2 rings (SSSR count). The lowest BCUT2D eigenvalue weighted by Gasteiger charge is -2.07. The van der Waals surface area contributed by atoms with Gasteiger partial charge in [-0.25, -0.2) is 13.1 Å². The first-order valence-corrected chi connectivity index (χ1v) is 8.52. The topological polar surface area (TPSA) is 98.5 Å². The first kappa shape index (κ1) is 17.0. The highest BCUT2D eigenvalue weighted by atomic mass is 32.2. The minimum Gasteiger partial charge on any atom is -0.494 e. The Morgan fingerprint density at radius 3 is 2.43 bits per heavy atom. The standard InChI is InChI=1S/C15H18N2O5S/c1-4-21-13-7-5-12(6-8-13)9-14(18)17-23(19,20)15-10(2)16-22-11(15)3/h5-8H,4,9H2,1-3H3,(H,17,18). The van der Waals surface area contributed by atoms with Gasteiger partial charge in [0.2, 0.25) is 5.91 Å². The highest BCUT2D eigenvalue weighted by molar-refractivity contribution is 7.90. The van der Waals surface area contributed by atoms with Crippen LogP contribution in [0.1, 0.15) is 23.9 Å². The van der Waals surface area contributed by atoms with Crippen molar-refractivity contribution in [3.63, 3.8) is 0 Å². The van der Waals surface area contributed by atoms with Crippen molar-refractivity contribution in [2.45, 2.75) is 32.1 Å². The first-order chi connectivity index (χ1) is 10.8. The molecular formula is C15H18N2O5S. The predicted octanol–water partition coefficient (Wildman–Crippen LogP) is 1.74. The van der Waals surface area contributed by atoms with Gasteiger partial charge in [0.1, 0.15) is 11.4 Å². The quantitative estimate of drug-likeness (QED) is 0.861. The van der Waals surface area contributed by atoms with Gasteiger partial charge in [0, 0.05) is 0 Å². The summed E-state index contributed by atoms with van der Waals surface area (Å²) >= 11 is 0. The molecule has 0 spiro atoms. The van der Waals surface area contributed by atoms with E-state index in [0.717, 1.165) is 0 Å². The van der Waals surface area contributed by atoms with E-state index in [0.29, 0.717) is 17.9 Å². The molecule has 0 saturated heterocycles. The van der Waals surface area contributed by atoms with Gasteiger partial charge in [-0.1, -0.05) is 17.3 Å². The van der Waals surface area contributed by atoms with Crippen molar-refractivity contribution in [3.05, 3.63) is 41.3 Å². The van der Waals surface area contributed by atoms with Crippen LogP contribution in [-0.4, -0.2) is 26.1 Å². The third kappa shape index (κ3) is 4.10. The normalized spacial score (nSPS) is 11.3. The third-order valence-electron chi connectivity index (χ3n) is 3.08. The number of hydrogen-bond acceptors (Lipinski definition) is 6. The monoisotopic (exact) mass is 338 g/mol. The molecule has 2 aromatic rings. The molecule has 1 heterocycles. The lowest BCUT2D eigenvalue weighted by atomic mass is 10.1. The molecule has 0 bridgehead atoms. The highest BCUT2D eigenvalue weighted by Gasteiger charge is 2.26. The Morgan fingerprint density at radius 1 is 1.26 bits per heavy atom. The summed E-state index contributed by atoms with van der Waals surface area (Å²) in [5.74, 6) is 0.207. The zero-order chi connectivity index (χ0) is 17.0. The molecule has 0 radical (unpaired) electrons. The Kier molecular flexibility index (Phi) is 5.05. The summed E-state index contributed by atoms with van der Waals surface area (Å²) in [5, 5.41) is 3.58. The molecule has 0 aliphatic heterocycles. The molecular weight excluding hydrogens is 320 g/mol. The molecule has 1 N–H and O–H groups in total. The summed E-state index contributed by atoms with van der Waals surface area (Å²) in [6.07, 6.45) is -0.0605. The van der Waals surface area contributed by atoms with Crippen LogP contribution in [0, 0.1) is 13.8 Å². The maximum absolute atomic E-state index is 12.2. The van der Waals surface area contributed by atoms with Crippen molar-refractivity contribution in [1.82, 2.24) is 9.88 Å². The zero-order valence-corrected chi connectivity index (χ0v) is 13.9. The second-order valence-electron chi connectivity index (χ2n) is 4.94. The fourth-order valence-corrected chi connectivity index (χ4v) is 3.47. The average Bonchev–Trinajstić information content (AvgIpc) is 2.80. The largest absolute Gasteiger partial charge is 0.494 e. The molecule has 124 valence electrons. The smallest absolute Gasteiger partial charge is 0.269 e. The molecule has 0 aliphatic rings. The van der Waals surface area contributed by atoms with Gasteiger partial charge in [0.25, 0.3) is 10.0 Å². The van der Waals surface area contributed by atoms with E-state index in [-0.39, 0.29) is 22.8 Å². The van der Waals surface area contributed by atoms with Gasteiger partial charge in [0.15, 0.2) is 10.7 Å². The van der Waals surface area contributed by atoms with E-state index >= 15 is 0 Å². The number of carbonyl (C=O) groups excluding carboxylic acids is 1. The van der Waals surface area contributed by atoms with Gasteiger partial charge in [-0.3, -0.25) is 4.79 Å². The Morgan fingerprint density at radius 2 is 1.91 bits per heavy atom. The molecule has 0 fully saturated rings. The van der Waals surface area contributed by atoms with Crippen molar-refractivity contribution in [2.24, 2.45) is 0 Å². The Balaban J connectivity index is 2.07. The van der Waals surface area contributed by atoms with E-state index in [2.05, 4.69) is 5.16 Å². The van der Waals surface area contributed by atoms with Crippen molar-refractivity contribution in [3.8, 4) is 5.75 Å². The van der Waals surface area contributed by atoms with Crippen molar-refractivity contribution >= 4 is 15.9 Å². The fraction of sp³-hybridized carbons (Fsp3) is 0.333. The van der Waals surface area contributed by atoms with Gasteiger partial charge < -0.3 is 9.26 Å². The van der Waals surface area contributed by atoms with Crippen LogP contribution in [0.4, 0.5) is 0 Å². The molecule has 0 atom stereocenters. The number of carbonyl (C=O) groups is 1. The Hall–Kier alpha value is -2.35. The number of ether oxygens (including phenoxy) is 1. The number of hydrogen-bond donors (Lipinski definition) is 1. The number of benzene rings is 1. The summed E-state index contributed by atoms with van der Waals surface area (Å²) in [5.41, 5.74) is 0.892. The summed E-state index contributed by atoms with van der Waals surface area (Å²) in [4.78, 5) is 11.9. The van der Waals surface area contributed by atoms with Crippen LogP contribution in [-0.2, 0) is 21.2 Å². The molecule has 0 unspecified atom stereocenters. The van der Waals surface area contributed by atoms with Gasteiger partial charge in [-0.05, 0) is 38.5 Å². The molecule has 23 heavy (non-hydrogen) atoms. The number of aryl methyl sites for hydroxylation is 2. The SMILES string of the molecule is CCOc1ccc(CC(=O)NS(=O)(=O)c2c(C)noc2C)cc1. The van der Waals surface area contributed by atoms with Gasteiger partial charge in [-0.2, -0.15) is 0 Å². The van der Waals surface area contributed by atoms with E-state index < -0.39 is 15.9 Å². The maximum atomic E-state index is 12.2. The first-order valence-electron chi connectivity index (χ1n) is 7.03. The lowest BCUT2D eigenvalue weighted by Crippen LogP contribution is -2.32. The van der Waals surface area contributed by atoms with Crippen LogP contribution in [0.3, 0.4) is 0 Å². The summed E-state index contributed by atoms with van der Waals surface area (Å²) in [7, 11) is -3.99. The van der Waals surface area contributed by atoms with Crippen LogP contribution in [0.15, 0.2) is 33.7 Å². The van der Waals surface area contributed by atoms with E-state index in [9.17, 15) is 13.2 Å².